The molecule has 2 fully saturated rings. The average Bonchev–Trinajstić information content (AvgIpc) is 3.42. The van der Waals surface area contributed by atoms with E-state index in [1.807, 2.05) is 35.2 Å². The minimum absolute atomic E-state index is 0.0390. The molecule has 1 N–H and O–H groups in total. The van der Waals surface area contributed by atoms with E-state index in [0.29, 0.717) is 19.6 Å². The quantitative estimate of drug-likeness (QED) is 0.827. The van der Waals surface area contributed by atoms with Crippen LogP contribution in [0, 0.1) is 11.8 Å². The van der Waals surface area contributed by atoms with Crippen molar-refractivity contribution in [3.05, 3.63) is 53.9 Å². The predicted molar refractivity (Wildman–Crippen MR) is 112 cm³/mol. The third kappa shape index (κ3) is 3.56. The summed E-state index contributed by atoms with van der Waals surface area (Å²) in [6, 6.07) is 9.56. The lowest BCUT2D eigenvalue weighted by Crippen LogP contribution is -2.32. The maximum absolute atomic E-state index is 12.6. The van der Waals surface area contributed by atoms with E-state index in [2.05, 4.69) is 10.3 Å². The highest BCUT2D eigenvalue weighted by Crippen LogP contribution is 2.38. The van der Waals surface area contributed by atoms with E-state index in [4.69, 9.17) is 0 Å². The van der Waals surface area contributed by atoms with Crippen LogP contribution in [0.3, 0.4) is 0 Å². The fourth-order valence-corrected chi connectivity index (χ4v) is 4.30. The predicted octanol–water partition coefficient (Wildman–Crippen LogP) is 2.05. The molecule has 0 radical (unpaired) electrons. The summed E-state index contributed by atoms with van der Waals surface area (Å²) < 4.78 is 0. The summed E-state index contributed by atoms with van der Waals surface area (Å²) in [6.45, 7) is 1.52. The number of pyridine rings is 1. The molecule has 7 heteroatoms. The Morgan fingerprint density at radius 1 is 1.10 bits per heavy atom. The molecule has 1 aliphatic carbocycles. The number of carbonyl (C=O) groups excluding carboxylic acids is 3. The van der Waals surface area contributed by atoms with Gasteiger partial charge < -0.3 is 15.1 Å². The van der Waals surface area contributed by atoms with Crippen molar-refractivity contribution >= 4 is 29.1 Å². The standard InChI is InChI=1S/C23H24N4O3/c28-21-12-18(22(29)25-13-15-5-8-24-9-6-15)14-27(21)19-3-4-20-17(11-19)7-10-26(20)23(30)16-1-2-16/h3-6,8-9,11,16,18H,1-2,7,10,12-14H2,(H,25,29)/t18-/m0/s1. The number of aromatic nitrogens is 1. The zero-order chi connectivity index (χ0) is 20.7. The summed E-state index contributed by atoms with van der Waals surface area (Å²) in [5, 5.41) is 2.92. The number of hydrogen-bond donors (Lipinski definition) is 1. The van der Waals surface area contributed by atoms with Crippen LogP contribution in [-0.4, -0.2) is 35.8 Å². The molecule has 1 aromatic carbocycles. The molecule has 1 aromatic heterocycles. The van der Waals surface area contributed by atoms with Crippen molar-refractivity contribution in [2.75, 3.05) is 22.9 Å². The molecule has 2 aliphatic heterocycles. The molecule has 1 atom stereocenters. The number of nitrogens with zero attached hydrogens (tertiary/aromatic N) is 3. The molecule has 154 valence electrons. The van der Waals surface area contributed by atoms with Crippen molar-refractivity contribution in [3.8, 4) is 0 Å². The summed E-state index contributed by atoms with van der Waals surface area (Å²) in [4.78, 5) is 45.2. The molecule has 3 amide bonds. The van der Waals surface area contributed by atoms with Gasteiger partial charge in [-0.2, -0.15) is 0 Å². The maximum atomic E-state index is 12.6. The molecule has 0 spiro atoms. The lowest BCUT2D eigenvalue weighted by molar-refractivity contribution is -0.126. The third-order valence-corrected chi connectivity index (χ3v) is 6.17. The fraction of sp³-hybridized carbons (Fsp3) is 0.391. The Kier molecular flexibility index (Phi) is 4.73. The van der Waals surface area contributed by atoms with Gasteiger partial charge in [0.15, 0.2) is 0 Å². The van der Waals surface area contributed by atoms with Crippen LogP contribution in [0.15, 0.2) is 42.7 Å². The van der Waals surface area contributed by atoms with Gasteiger partial charge in [-0.3, -0.25) is 19.4 Å². The van der Waals surface area contributed by atoms with Crippen LogP contribution in [0.1, 0.15) is 30.4 Å². The summed E-state index contributed by atoms with van der Waals surface area (Å²) in [7, 11) is 0. The van der Waals surface area contributed by atoms with Crippen LogP contribution in [0.4, 0.5) is 11.4 Å². The van der Waals surface area contributed by atoms with Crippen LogP contribution >= 0.6 is 0 Å². The monoisotopic (exact) mass is 404 g/mol. The van der Waals surface area contributed by atoms with Gasteiger partial charge in [0, 0.05) is 55.7 Å². The van der Waals surface area contributed by atoms with Gasteiger partial charge in [0.2, 0.25) is 17.7 Å². The number of carbonyl (C=O) groups is 3. The Labute approximate surface area is 175 Å². The largest absolute Gasteiger partial charge is 0.352 e. The highest BCUT2D eigenvalue weighted by molar-refractivity contribution is 6.02. The maximum Gasteiger partial charge on any atom is 0.230 e. The van der Waals surface area contributed by atoms with Gasteiger partial charge in [-0.1, -0.05) is 0 Å². The molecule has 7 nitrogen and oxygen atoms in total. The number of rotatable bonds is 5. The zero-order valence-corrected chi connectivity index (χ0v) is 16.7. The van der Waals surface area contributed by atoms with Crippen molar-refractivity contribution in [1.29, 1.82) is 0 Å². The summed E-state index contributed by atoms with van der Waals surface area (Å²) in [6.07, 6.45) is 6.39. The molecule has 30 heavy (non-hydrogen) atoms. The first kappa shape index (κ1) is 18.8. The Morgan fingerprint density at radius 2 is 1.90 bits per heavy atom. The van der Waals surface area contributed by atoms with Crippen LogP contribution in [0.5, 0.6) is 0 Å². The third-order valence-electron chi connectivity index (χ3n) is 6.17. The normalized spacial score (nSPS) is 20.4. The number of amides is 3. The Bertz CT molecular complexity index is 1000. The minimum atomic E-state index is -0.361. The Balaban J connectivity index is 1.25. The first-order valence-electron chi connectivity index (χ1n) is 10.5. The molecule has 2 aromatic rings. The van der Waals surface area contributed by atoms with E-state index < -0.39 is 0 Å². The van der Waals surface area contributed by atoms with Crippen molar-refractivity contribution in [1.82, 2.24) is 10.3 Å². The number of fused-ring (bicyclic) bond motifs is 1. The molecule has 3 aliphatic rings. The van der Waals surface area contributed by atoms with Crippen LogP contribution < -0.4 is 15.1 Å². The van der Waals surface area contributed by atoms with Crippen molar-refractivity contribution in [2.45, 2.75) is 32.2 Å². The number of anilines is 2. The second-order valence-electron chi connectivity index (χ2n) is 8.31. The molecule has 0 unspecified atom stereocenters. The van der Waals surface area contributed by atoms with Gasteiger partial charge in [0.25, 0.3) is 0 Å². The summed E-state index contributed by atoms with van der Waals surface area (Å²) >= 11 is 0. The number of benzene rings is 1. The van der Waals surface area contributed by atoms with E-state index in [9.17, 15) is 14.4 Å². The van der Waals surface area contributed by atoms with Crippen molar-refractivity contribution in [3.63, 3.8) is 0 Å². The first-order chi connectivity index (χ1) is 14.6. The van der Waals surface area contributed by atoms with Gasteiger partial charge in [-0.15, -0.1) is 0 Å². The second kappa shape index (κ2) is 7.55. The van der Waals surface area contributed by atoms with E-state index >= 15 is 0 Å². The summed E-state index contributed by atoms with van der Waals surface area (Å²) in [5.41, 5.74) is 3.85. The van der Waals surface area contributed by atoms with Gasteiger partial charge in [0.05, 0.1) is 5.92 Å². The highest BCUT2D eigenvalue weighted by Gasteiger charge is 2.38. The second-order valence-corrected chi connectivity index (χ2v) is 8.31. The topological polar surface area (TPSA) is 82.6 Å². The smallest absolute Gasteiger partial charge is 0.230 e. The van der Waals surface area contributed by atoms with Crippen molar-refractivity contribution < 1.29 is 14.4 Å². The molecule has 3 heterocycles. The van der Waals surface area contributed by atoms with E-state index in [1.165, 1.54) is 0 Å². The molecular formula is C23H24N4O3. The van der Waals surface area contributed by atoms with Crippen molar-refractivity contribution in [2.24, 2.45) is 11.8 Å². The number of hydrogen-bond acceptors (Lipinski definition) is 4. The van der Waals surface area contributed by atoms with Crippen LogP contribution in [0.2, 0.25) is 0 Å². The zero-order valence-electron chi connectivity index (χ0n) is 16.7. The minimum Gasteiger partial charge on any atom is -0.352 e. The molecule has 1 saturated heterocycles. The van der Waals surface area contributed by atoms with E-state index in [1.54, 1.807) is 17.3 Å². The Morgan fingerprint density at radius 3 is 2.67 bits per heavy atom. The molecule has 5 rings (SSSR count). The fourth-order valence-electron chi connectivity index (χ4n) is 4.30. The van der Waals surface area contributed by atoms with E-state index in [0.717, 1.165) is 41.8 Å². The lowest BCUT2D eigenvalue weighted by Gasteiger charge is -2.20. The molecule has 1 saturated carbocycles. The van der Waals surface area contributed by atoms with Gasteiger partial charge in [-0.05, 0) is 60.7 Å². The van der Waals surface area contributed by atoms with E-state index in [-0.39, 0.29) is 36.0 Å². The van der Waals surface area contributed by atoms with Gasteiger partial charge >= 0.3 is 0 Å². The number of nitrogens with one attached hydrogen (secondary N) is 1. The van der Waals surface area contributed by atoms with Crippen LogP contribution in [-0.2, 0) is 27.3 Å². The van der Waals surface area contributed by atoms with Crippen LogP contribution in [0.25, 0.3) is 0 Å². The molecule has 0 bridgehead atoms. The van der Waals surface area contributed by atoms with Gasteiger partial charge in [0.1, 0.15) is 0 Å². The summed E-state index contributed by atoms with van der Waals surface area (Å²) in [5.74, 6) is -0.0830. The molecular weight excluding hydrogens is 380 g/mol. The highest BCUT2D eigenvalue weighted by atomic mass is 16.2. The van der Waals surface area contributed by atoms with Gasteiger partial charge in [-0.25, -0.2) is 0 Å². The Hall–Kier alpha value is -3.22. The SMILES string of the molecule is O=C(NCc1ccncc1)[C@H]1CC(=O)N(c2ccc3c(c2)CCN3C(=O)C2CC2)C1. The average molecular weight is 404 g/mol. The lowest BCUT2D eigenvalue weighted by atomic mass is 10.1. The first-order valence-corrected chi connectivity index (χ1v) is 10.5.